The highest BCUT2D eigenvalue weighted by molar-refractivity contribution is 5.30. The second-order valence-electron chi connectivity index (χ2n) is 4.38. The first-order valence-corrected chi connectivity index (χ1v) is 5.89. The average Bonchev–Trinajstić information content (AvgIpc) is 2.39. The molecule has 1 aliphatic carbocycles. The molecule has 2 atom stereocenters. The van der Waals surface area contributed by atoms with Gasteiger partial charge in [-0.3, -0.25) is 0 Å². The van der Waals surface area contributed by atoms with Crippen LogP contribution in [0.4, 0.5) is 4.39 Å². The van der Waals surface area contributed by atoms with Crippen LogP contribution in [0, 0.1) is 11.7 Å². The first-order valence-electron chi connectivity index (χ1n) is 5.89. The summed E-state index contributed by atoms with van der Waals surface area (Å²) < 4.78 is 18.4. The van der Waals surface area contributed by atoms with Crippen LogP contribution >= 0.6 is 0 Å². The summed E-state index contributed by atoms with van der Waals surface area (Å²) in [7, 11) is 1.43. The van der Waals surface area contributed by atoms with Gasteiger partial charge < -0.3 is 9.84 Å². The molecule has 2 unspecified atom stereocenters. The van der Waals surface area contributed by atoms with Crippen LogP contribution in [-0.2, 0) is 0 Å². The van der Waals surface area contributed by atoms with E-state index in [4.69, 9.17) is 4.74 Å². The fourth-order valence-corrected chi connectivity index (χ4v) is 2.24. The highest BCUT2D eigenvalue weighted by atomic mass is 19.1. The van der Waals surface area contributed by atoms with Crippen LogP contribution in [-0.4, -0.2) is 12.2 Å². The van der Waals surface area contributed by atoms with E-state index in [0.29, 0.717) is 5.56 Å². The lowest BCUT2D eigenvalue weighted by Crippen LogP contribution is -2.14. The number of hydrogen-bond donors (Lipinski definition) is 1. The van der Waals surface area contributed by atoms with E-state index in [9.17, 15) is 9.50 Å². The molecule has 0 fully saturated rings. The smallest absolute Gasteiger partial charge is 0.165 e. The third-order valence-corrected chi connectivity index (χ3v) is 3.27. The van der Waals surface area contributed by atoms with Crippen molar-refractivity contribution in [1.82, 2.24) is 0 Å². The van der Waals surface area contributed by atoms with Gasteiger partial charge in [0.25, 0.3) is 0 Å². The van der Waals surface area contributed by atoms with Crippen LogP contribution < -0.4 is 4.74 Å². The molecule has 17 heavy (non-hydrogen) atoms. The van der Waals surface area contributed by atoms with Gasteiger partial charge in [-0.1, -0.05) is 18.2 Å². The summed E-state index contributed by atoms with van der Waals surface area (Å²) in [6.07, 6.45) is 6.40. The Bertz CT molecular complexity index is 415. The number of allylic oxidation sites excluding steroid dienone is 2. The molecule has 0 heterocycles. The van der Waals surface area contributed by atoms with Crippen molar-refractivity contribution in [3.63, 3.8) is 0 Å². The molecule has 1 N–H and O–H groups in total. The van der Waals surface area contributed by atoms with Crippen LogP contribution in [0.25, 0.3) is 0 Å². The van der Waals surface area contributed by atoms with Gasteiger partial charge in [0.05, 0.1) is 13.2 Å². The lowest BCUT2D eigenvalue weighted by atomic mass is 9.86. The van der Waals surface area contributed by atoms with Crippen LogP contribution in [0.15, 0.2) is 30.4 Å². The monoisotopic (exact) mass is 236 g/mol. The minimum atomic E-state index is -0.597. The summed E-state index contributed by atoms with van der Waals surface area (Å²) in [6, 6.07) is 4.65. The number of methoxy groups -OCH3 is 1. The fraction of sp³-hybridized carbons (Fsp3) is 0.429. The van der Waals surface area contributed by atoms with E-state index in [0.717, 1.165) is 19.3 Å². The molecule has 0 saturated carbocycles. The van der Waals surface area contributed by atoms with Gasteiger partial charge in [-0.15, -0.1) is 0 Å². The van der Waals surface area contributed by atoms with Crippen molar-refractivity contribution in [3.8, 4) is 5.75 Å². The maximum Gasteiger partial charge on any atom is 0.165 e. The maximum absolute atomic E-state index is 13.5. The van der Waals surface area contributed by atoms with Crippen molar-refractivity contribution in [1.29, 1.82) is 0 Å². The molecule has 0 radical (unpaired) electrons. The van der Waals surface area contributed by atoms with E-state index in [1.54, 1.807) is 12.1 Å². The number of aliphatic hydroxyl groups is 1. The van der Waals surface area contributed by atoms with E-state index in [1.807, 2.05) is 0 Å². The third-order valence-electron chi connectivity index (χ3n) is 3.27. The Morgan fingerprint density at radius 1 is 1.41 bits per heavy atom. The Labute approximate surface area is 101 Å². The van der Waals surface area contributed by atoms with Crippen molar-refractivity contribution in [2.24, 2.45) is 5.92 Å². The fourth-order valence-electron chi connectivity index (χ4n) is 2.24. The van der Waals surface area contributed by atoms with Gasteiger partial charge in [0.2, 0.25) is 0 Å². The minimum Gasteiger partial charge on any atom is -0.494 e. The predicted molar refractivity (Wildman–Crippen MR) is 64.4 cm³/mol. The van der Waals surface area contributed by atoms with Crippen molar-refractivity contribution < 1.29 is 14.2 Å². The number of rotatable bonds is 3. The summed E-state index contributed by atoms with van der Waals surface area (Å²) in [6.45, 7) is 0. The normalized spacial score (nSPS) is 21.2. The summed E-state index contributed by atoms with van der Waals surface area (Å²) in [5.74, 6) is -0.0207. The average molecular weight is 236 g/mol. The first kappa shape index (κ1) is 12.1. The molecular weight excluding hydrogens is 219 g/mol. The number of benzene rings is 1. The van der Waals surface area contributed by atoms with Crippen molar-refractivity contribution in [3.05, 3.63) is 41.7 Å². The molecule has 3 heteroatoms. The Balaban J connectivity index is 2.16. The Morgan fingerprint density at radius 2 is 2.24 bits per heavy atom. The van der Waals surface area contributed by atoms with Gasteiger partial charge in [0.1, 0.15) is 0 Å². The Kier molecular flexibility index (Phi) is 3.79. The number of aliphatic hydroxyl groups excluding tert-OH is 1. The van der Waals surface area contributed by atoms with E-state index in [-0.39, 0.29) is 11.7 Å². The zero-order valence-electron chi connectivity index (χ0n) is 9.90. The van der Waals surface area contributed by atoms with Crippen molar-refractivity contribution in [2.45, 2.75) is 25.4 Å². The van der Waals surface area contributed by atoms with Crippen molar-refractivity contribution >= 4 is 0 Å². The topological polar surface area (TPSA) is 29.5 Å². The minimum absolute atomic E-state index is 0.188. The number of halogens is 1. The van der Waals surface area contributed by atoms with Crippen LogP contribution in [0.2, 0.25) is 0 Å². The molecule has 1 aliphatic rings. The van der Waals surface area contributed by atoms with Crippen LogP contribution in [0.3, 0.4) is 0 Å². The quantitative estimate of drug-likeness (QED) is 0.816. The standard InChI is InChI=1S/C14H17FO2/c1-17-13-8-7-11(9-12(13)15)14(16)10-5-3-2-4-6-10/h2-3,7-10,14,16H,4-6H2,1H3. The highest BCUT2D eigenvalue weighted by Gasteiger charge is 2.21. The zero-order valence-corrected chi connectivity index (χ0v) is 9.90. The maximum atomic E-state index is 13.5. The third kappa shape index (κ3) is 2.67. The molecule has 2 nitrogen and oxygen atoms in total. The molecular formula is C14H17FO2. The molecule has 1 aromatic rings. The molecule has 0 bridgehead atoms. The van der Waals surface area contributed by atoms with E-state index in [2.05, 4.69) is 12.2 Å². The lowest BCUT2D eigenvalue weighted by Gasteiger charge is -2.24. The molecule has 92 valence electrons. The number of ether oxygens (including phenoxy) is 1. The SMILES string of the molecule is COc1ccc(C(O)C2CC=CCC2)cc1F. The largest absolute Gasteiger partial charge is 0.494 e. The Morgan fingerprint density at radius 3 is 2.82 bits per heavy atom. The Hall–Kier alpha value is -1.35. The summed E-state index contributed by atoms with van der Waals surface area (Å²) in [5.41, 5.74) is 0.628. The van der Waals surface area contributed by atoms with E-state index < -0.39 is 11.9 Å². The highest BCUT2D eigenvalue weighted by Crippen LogP contribution is 2.33. The predicted octanol–water partition coefficient (Wildman–Crippen LogP) is 3.22. The summed E-state index contributed by atoms with van der Waals surface area (Å²) >= 11 is 0. The lowest BCUT2D eigenvalue weighted by molar-refractivity contribution is 0.102. The van der Waals surface area contributed by atoms with Crippen LogP contribution in [0.1, 0.15) is 30.9 Å². The summed E-state index contributed by atoms with van der Waals surface area (Å²) in [4.78, 5) is 0. The van der Waals surface area contributed by atoms with Gasteiger partial charge in [-0.05, 0) is 42.9 Å². The van der Waals surface area contributed by atoms with E-state index >= 15 is 0 Å². The first-order chi connectivity index (χ1) is 8.22. The molecule has 0 spiro atoms. The van der Waals surface area contributed by atoms with Crippen LogP contribution in [0.5, 0.6) is 5.75 Å². The zero-order chi connectivity index (χ0) is 12.3. The van der Waals surface area contributed by atoms with Gasteiger partial charge >= 0.3 is 0 Å². The van der Waals surface area contributed by atoms with E-state index in [1.165, 1.54) is 13.2 Å². The van der Waals surface area contributed by atoms with Crippen molar-refractivity contribution in [2.75, 3.05) is 7.11 Å². The molecule has 2 rings (SSSR count). The molecule has 0 aromatic heterocycles. The second kappa shape index (κ2) is 5.32. The molecule has 1 aromatic carbocycles. The number of hydrogen-bond acceptors (Lipinski definition) is 2. The second-order valence-corrected chi connectivity index (χ2v) is 4.38. The summed E-state index contributed by atoms with van der Waals surface area (Å²) in [5, 5.41) is 10.2. The van der Waals surface area contributed by atoms with Gasteiger partial charge in [0, 0.05) is 0 Å². The van der Waals surface area contributed by atoms with Gasteiger partial charge in [-0.2, -0.15) is 0 Å². The molecule has 0 saturated heterocycles. The molecule has 0 aliphatic heterocycles. The van der Waals surface area contributed by atoms with Gasteiger partial charge in [-0.25, -0.2) is 4.39 Å². The molecule has 0 amide bonds. The van der Waals surface area contributed by atoms with Gasteiger partial charge in [0.15, 0.2) is 11.6 Å².